The summed E-state index contributed by atoms with van der Waals surface area (Å²) in [5.74, 6) is 0.00256. The molecule has 0 aliphatic heterocycles. The summed E-state index contributed by atoms with van der Waals surface area (Å²) < 4.78 is 33.1. The number of aryl methyl sites for hydroxylation is 2. The van der Waals surface area contributed by atoms with E-state index in [0.29, 0.717) is 11.3 Å². The molecular weight excluding hydrogens is 396 g/mol. The Balaban J connectivity index is 1.92. The van der Waals surface area contributed by atoms with Crippen molar-refractivity contribution in [2.45, 2.75) is 31.7 Å². The Morgan fingerprint density at radius 3 is 2.54 bits per heavy atom. The van der Waals surface area contributed by atoms with Crippen LogP contribution in [0.15, 0.2) is 52.4 Å². The number of rotatable bonds is 6. The number of nitrogens with zero attached hydrogens (tertiary/aromatic N) is 2. The van der Waals surface area contributed by atoms with E-state index in [1.165, 1.54) is 23.5 Å². The number of ether oxygens (including phenoxy) is 1. The van der Waals surface area contributed by atoms with Crippen molar-refractivity contribution in [1.29, 1.82) is 0 Å². The lowest BCUT2D eigenvalue weighted by Gasteiger charge is -2.07. The van der Waals surface area contributed by atoms with Crippen molar-refractivity contribution in [1.82, 2.24) is 4.57 Å². The zero-order valence-corrected chi connectivity index (χ0v) is 17.6. The van der Waals surface area contributed by atoms with Gasteiger partial charge in [-0.3, -0.25) is 4.79 Å². The van der Waals surface area contributed by atoms with Gasteiger partial charge in [-0.1, -0.05) is 35.6 Å². The monoisotopic (exact) mass is 418 g/mol. The van der Waals surface area contributed by atoms with Crippen LogP contribution in [0.3, 0.4) is 0 Å². The summed E-state index contributed by atoms with van der Waals surface area (Å²) in [6.07, 6.45) is -0.161. The van der Waals surface area contributed by atoms with E-state index in [0.717, 1.165) is 21.5 Å². The molecule has 2 aromatic carbocycles. The lowest BCUT2D eigenvalue weighted by molar-refractivity contribution is -0.117. The van der Waals surface area contributed by atoms with Gasteiger partial charge in [-0.15, -0.1) is 0 Å². The first-order valence-corrected chi connectivity index (χ1v) is 11.4. The van der Waals surface area contributed by atoms with E-state index >= 15 is 0 Å². The molecule has 8 heteroatoms. The molecule has 0 aliphatic rings. The van der Waals surface area contributed by atoms with Gasteiger partial charge in [0.2, 0.25) is 5.91 Å². The van der Waals surface area contributed by atoms with E-state index in [1.54, 1.807) is 25.3 Å². The molecule has 3 aromatic rings. The third-order valence-electron chi connectivity index (χ3n) is 4.43. The number of hydrogen-bond donors (Lipinski definition) is 0. The minimum absolute atomic E-state index is 0.161. The zero-order chi connectivity index (χ0) is 20.3. The number of benzene rings is 2. The van der Waals surface area contributed by atoms with Crippen LogP contribution in [0.1, 0.15) is 18.9 Å². The highest BCUT2D eigenvalue weighted by Crippen LogP contribution is 2.30. The molecule has 0 unspecified atom stereocenters. The standard InChI is InChI=1S/C20H22N2O4S2/c1-4-22-18-16(26-3)11-10-14(2)19(18)27-20(22)21-17(23)12-13-28(24,25)15-8-6-5-7-9-15/h5-11H,4,12-13H2,1-3H3. The molecule has 1 aromatic heterocycles. The molecule has 148 valence electrons. The number of aromatic nitrogens is 1. The molecule has 0 radical (unpaired) electrons. The van der Waals surface area contributed by atoms with E-state index in [2.05, 4.69) is 4.99 Å². The smallest absolute Gasteiger partial charge is 0.249 e. The molecule has 28 heavy (non-hydrogen) atoms. The highest BCUT2D eigenvalue weighted by molar-refractivity contribution is 7.91. The summed E-state index contributed by atoms with van der Waals surface area (Å²) in [5.41, 5.74) is 1.97. The molecule has 1 heterocycles. The van der Waals surface area contributed by atoms with Gasteiger partial charge in [0, 0.05) is 13.0 Å². The number of amides is 1. The van der Waals surface area contributed by atoms with Crippen LogP contribution in [0.2, 0.25) is 0 Å². The maximum absolute atomic E-state index is 12.4. The Labute approximate surface area is 168 Å². The minimum atomic E-state index is -3.51. The first-order valence-electron chi connectivity index (χ1n) is 8.89. The summed E-state index contributed by atoms with van der Waals surface area (Å²) >= 11 is 1.41. The topological polar surface area (TPSA) is 77.7 Å². The maximum Gasteiger partial charge on any atom is 0.249 e. The Hall–Kier alpha value is -2.45. The molecule has 0 fully saturated rings. The zero-order valence-electron chi connectivity index (χ0n) is 16.0. The average Bonchev–Trinajstić information content (AvgIpc) is 3.06. The van der Waals surface area contributed by atoms with Gasteiger partial charge in [0.05, 0.1) is 22.5 Å². The predicted molar refractivity (Wildman–Crippen MR) is 110 cm³/mol. The fraction of sp³-hybridized carbons (Fsp3) is 0.300. The number of sulfone groups is 1. The molecule has 0 spiro atoms. The Bertz CT molecular complexity index is 1180. The lowest BCUT2D eigenvalue weighted by atomic mass is 10.2. The molecule has 0 N–H and O–H groups in total. The molecule has 3 rings (SSSR count). The van der Waals surface area contributed by atoms with Crippen LogP contribution in [0.4, 0.5) is 0 Å². The van der Waals surface area contributed by atoms with Gasteiger partial charge >= 0.3 is 0 Å². The number of thiazole rings is 1. The van der Waals surface area contributed by atoms with E-state index in [4.69, 9.17) is 4.74 Å². The normalized spacial score (nSPS) is 12.5. The second-order valence-corrected chi connectivity index (χ2v) is 9.37. The quantitative estimate of drug-likeness (QED) is 0.615. The van der Waals surface area contributed by atoms with Crippen LogP contribution in [-0.4, -0.2) is 31.8 Å². The van der Waals surface area contributed by atoms with E-state index < -0.39 is 15.7 Å². The van der Waals surface area contributed by atoms with E-state index in [9.17, 15) is 13.2 Å². The second-order valence-electron chi connectivity index (χ2n) is 6.28. The fourth-order valence-corrected chi connectivity index (χ4v) is 5.40. The minimum Gasteiger partial charge on any atom is -0.495 e. The summed E-state index contributed by atoms with van der Waals surface area (Å²) in [5, 5.41) is 0. The Morgan fingerprint density at radius 2 is 1.89 bits per heavy atom. The third kappa shape index (κ3) is 4.02. The van der Waals surface area contributed by atoms with E-state index in [1.807, 2.05) is 30.5 Å². The van der Waals surface area contributed by atoms with Crippen LogP contribution >= 0.6 is 11.3 Å². The molecule has 6 nitrogen and oxygen atoms in total. The number of hydrogen-bond acceptors (Lipinski definition) is 5. The van der Waals surface area contributed by atoms with Gasteiger partial charge in [0.25, 0.3) is 0 Å². The molecule has 0 saturated carbocycles. The van der Waals surface area contributed by atoms with Gasteiger partial charge in [-0.25, -0.2) is 8.42 Å². The Kier molecular flexibility index (Phi) is 6.00. The second kappa shape index (κ2) is 8.28. The van der Waals surface area contributed by atoms with Crippen molar-refractivity contribution in [2.75, 3.05) is 12.9 Å². The summed E-state index contributed by atoms with van der Waals surface area (Å²) in [6.45, 7) is 4.59. The average molecular weight is 419 g/mol. The van der Waals surface area contributed by atoms with Crippen LogP contribution < -0.4 is 9.54 Å². The van der Waals surface area contributed by atoms with Crippen LogP contribution in [0.25, 0.3) is 10.2 Å². The maximum atomic E-state index is 12.4. The van der Waals surface area contributed by atoms with Gasteiger partial charge in [-0.2, -0.15) is 4.99 Å². The van der Waals surface area contributed by atoms with Crippen molar-refractivity contribution < 1.29 is 17.9 Å². The first kappa shape index (κ1) is 20.3. The number of fused-ring (bicyclic) bond motifs is 1. The lowest BCUT2D eigenvalue weighted by Crippen LogP contribution is -2.17. The van der Waals surface area contributed by atoms with Gasteiger partial charge in [0.1, 0.15) is 11.3 Å². The van der Waals surface area contributed by atoms with Crippen LogP contribution in [0.5, 0.6) is 5.75 Å². The van der Waals surface area contributed by atoms with Crippen LogP contribution in [0, 0.1) is 6.92 Å². The van der Waals surface area contributed by atoms with Crippen molar-refractivity contribution in [2.24, 2.45) is 4.99 Å². The highest BCUT2D eigenvalue weighted by atomic mass is 32.2. The molecular formula is C20H22N2O4S2. The van der Waals surface area contributed by atoms with Crippen molar-refractivity contribution in [3.05, 3.63) is 52.8 Å². The Morgan fingerprint density at radius 1 is 1.18 bits per heavy atom. The van der Waals surface area contributed by atoms with Crippen molar-refractivity contribution in [3.63, 3.8) is 0 Å². The van der Waals surface area contributed by atoms with Gasteiger partial charge in [0.15, 0.2) is 14.6 Å². The number of carbonyl (C=O) groups excluding carboxylic acids is 1. The third-order valence-corrected chi connectivity index (χ3v) is 7.37. The number of carbonyl (C=O) groups is 1. The van der Waals surface area contributed by atoms with Crippen molar-refractivity contribution in [3.8, 4) is 5.75 Å². The SMILES string of the molecule is CCn1c(=NC(=O)CCS(=O)(=O)c2ccccc2)sc2c(C)ccc(OC)c21. The molecule has 0 aliphatic carbocycles. The number of methoxy groups -OCH3 is 1. The van der Waals surface area contributed by atoms with Crippen molar-refractivity contribution >= 4 is 37.3 Å². The van der Waals surface area contributed by atoms with Gasteiger partial charge < -0.3 is 9.30 Å². The molecule has 0 atom stereocenters. The highest BCUT2D eigenvalue weighted by Gasteiger charge is 2.17. The summed E-state index contributed by atoms with van der Waals surface area (Å²) in [7, 11) is -1.90. The van der Waals surface area contributed by atoms with Gasteiger partial charge in [-0.05, 0) is 37.6 Å². The molecule has 0 saturated heterocycles. The molecule has 0 bridgehead atoms. The fourth-order valence-electron chi connectivity index (χ4n) is 2.95. The largest absolute Gasteiger partial charge is 0.495 e. The van der Waals surface area contributed by atoms with Crippen LogP contribution in [-0.2, 0) is 21.2 Å². The first-order chi connectivity index (χ1) is 13.4. The summed E-state index contributed by atoms with van der Waals surface area (Å²) in [6, 6.07) is 12.0. The summed E-state index contributed by atoms with van der Waals surface area (Å²) in [4.78, 5) is 17.4. The molecule has 1 amide bonds. The predicted octanol–water partition coefficient (Wildman–Crippen LogP) is 3.33. The van der Waals surface area contributed by atoms with E-state index in [-0.39, 0.29) is 17.1 Å².